The van der Waals surface area contributed by atoms with Gasteiger partial charge >= 0.3 is 0 Å². The zero-order valence-electron chi connectivity index (χ0n) is 10.3. The topological polar surface area (TPSA) is 37.8 Å². The van der Waals surface area contributed by atoms with Crippen molar-refractivity contribution in [1.82, 2.24) is 10.2 Å². The Morgan fingerprint density at radius 2 is 2.00 bits per heavy atom. The molecule has 1 aromatic heterocycles. The highest BCUT2D eigenvalue weighted by Crippen LogP contribution is 2.18. The predicted octanol–water partition coefficient (Wildman–Crippen LogP) is 3.27. The van der Waals surface area contributed by atoms with Crippen LogP contribution in [0.1, 0.15) is 18.9 Å². The van der Waals surface area contributed by atoms with Crippen LogP contribution in [-0.2, 0) is 0 Å². The van der Waals surface area contributed by atoms with E-state index in [9.17, 15) is 0 Å². The number of rotatable bonds is 4. The van der Waals surface area contributed by atoms with E-state index in [4.69, 9.17) is 0 Å². The first kappa shape index (κ1) is 11.6. The highest BCUT2D eigenvalue weighted by molar-refractivity contribution is 5.60. The van der Waals surface area contributed by atoms with Crippen molar-refractivity contribution in [2.75, 3.05) is 11.9 Å². The van der Waals surface area contributed by atoms with E-state index in [-0.39, 0.29) is 0 Å². The van der Waals surface area contributed by atoms with Gasteiger partial charge in [0, 0.05) is 12.1 Å². The molecule has 0 unspecified atom stereocenters. The normalized spacial score (nSPS) is 10.2. The van der Waals surface area contributed by atoms with Crippen molar-refractivity contribution >= 4 is 5.82 Å². The van der Waals surface area contributed by atoms with Gasteiger partial charge in [-0.1, -0.05) is 30.7 Å². The van der Waals surface area contributed by atoms with Gasteiger partial charge in [-0.2, -0.15) is 0 Å². The summed E-state index contributed by atoms with van der Waals surface area (Å²) in [5.74, 6) is 0.836. The van der Waals surface area contributed by atoms with Gasteiger partial charge in [-0.3, -0.25) is 0 Å². The summed E-state index contributed by atoms with van der Waals surface area (Å²) in [5, 5.41) is 11.6. The minimum Gasteiger partial charge on any atom is -0.369 e. The van der Waals surface area contributed by atoms with Gasteiger partial charge < -0.3 is 5.32 Å². The Labute approximate surface area is 102 Å². The van der Waals surface area contributed by atoms with Gasteiger partial charge in [0.1, 0.15) is 5.82 Å². The lowest BCUT2D eigenvalue weighted by molar-refractivity contribution is 0.945. The fraction of sp³-hybridized carbons (Fsp3) is 0.286. The summed E-state index contributed by atoms with van der Waals surface area (Å²) in [6.45, 7) is 5.13. The molecule has 0 amide bonds. The van der Waals surface area contributed by atoms with E-state index < -0.39 is 0 Å². The van der Waals surface area contributed by atoms with Crippen LogP contribution >= 0.6 is 0 Å². The summed E-state index contributed by atoms with van der Waals surface area (Å²) in [7, 11) is 0. The van der Waals surface area contributed by atoms with Crippen LogP contribution in [0.2, 0.25) is 0 Å². The second kappa shape index (κ2) is 5.43. The maximum absolute atomic E-state index is 4.23. The number of aromatic nitrogens is 2. The molecule has 0 bridgehead atoms. The molecule has 1 heterocycles. The zero-order chi connectivity index (χ0) is 12.1. The van der Waals surface area contributed by atoms with Crippen LogP contribution < -0.4 is 5.32 Å². The Morgan fingerprint density at radius 3 is 2.65 bits per heavy atom. The summed E-state index contributed by atoms with van der Waals surface area (Å²) in [5.41, 5.74) is 3.26. The molecule has 0 fully saturated rings. The highest BCUT2D eigenvalue weighted by Gasteiger charge is 2.00. The van der Waals surface area contributed by atoms with Crippen LogP contribution in [0.25, 0.3) is 11.3 Å². The molecule has 0 saturated carbocycles. The molecule has 88 valence electrons. The van der Waals surface area contributed by atoms with Gasteiger partial charge in [0.05, 0.1) is 5.69 Å². The van der Waals surface area contributed by atoms with Crippen LogP contribution in [-0.4, -0.2) is 16.7 Å². The Balaban J connectivity index is 2.17. The van der Waals surface area contributed by atoms with Crippen LogP contribution in [0.5, 0.6) is 0 Å². The summed E-state index contributed by atoms with van der Waals surface area (Å²) < 4.78 is 0. The van der Waals surface area contributed by atoms with E-state index in [0.29, 0.717) is 0 Å². The van der Waals surface area contributed by atoms with Crippen LogP contribution in [0.15, 0.2) is 36.4 Å². The number of benzene rings is 1. The van der Waals surface area contributed by atoms with Gasteiger partial charge in [0.25, 0.3) is 0 Å². The molecule has 3 heteroatoms. The summed E-state index contributed by atoms with van der Waals surface area (Å²) >= 11 is 0. The fourth-order valence-electron chi connectivity index (χ4n) is 1.64. The second-order valence-electron chi connectivity index (χ2n) is 4.10. The molecule has 2 rings (SSSR count). The Hall–Kier alpha value is -1.90. The molecule has 0 aliphatic carbocycles. The first-order valence-corrected chi connectivity index (χ1v) is 5.94. The third-order valence-electron chi connectivity index (χ3n) is 2.53. The monoisotopic (exact) mass is 227 g/mol. The number of hydrogen-bond acceptors (Lipinski definition) is 3. The Bertz CT molecular complexity index is 477. The van der Waals surface area contributed by atoms with Crippen molar-refractivity contribution in [3.63, 3.8) is 0 Å². The zero-order valence-corrected chi connectivity index (χ0v) is 10.3. The van der Waals surface area contributed by atoms with Crippen LogP contribution in [0.4, 0.5) is 5.82 Å². The van der Waals surface area contributed by atoms with Crippen molar-refractivity contribution in [2.24, 2.45) is 0 Å². The number of nitrogens with one attached hydrogen (secondary N) is 1. The smallest absolute Gasteiger partial charge is 0.148 e. The third-order valence-corrected chi connectivity index (χ3v) is 2.53. The predicted molar refractivity (Wildman–Crippen MR) is 71.0 cm³/mol. The Kier molecular flexibility index (Phi) is 3.70. The summed E-state index contributed by atoms with van der Waals surface area (Å²) in [6, 6.07) is 12.3. The number of hydrogen-bond donors (Lipinski definition) is 1. The van der Waals surface area contributed by atoms with Gasteiger partial charge in [-0.15, -0.1) is 10.2 Å². The first-order chi connectivity index (χ1) is 8.29. The molecule has 0 radical (unpaired) electrons. The molecule has 17 heavy (non-hydrogen) atoms. The average molecular weight is 227 g/mol. The van der Waals surface area contributed by atoms with Crippen LogP contribution in [0, 0.1) is 6.92 Å². The molecule has 0 aliphatic rings. The highest BCUT2D eigenvalue weighted by atomic mass is 15.2. The minimum atomic E-state index is 0.836. The SMILES string of the molecule is CCCNc1ccc(-c2cccc(C)c2)nn1. The van der Waals surface area contributed by atoms with E-state index >= 15 is 0 Å². The van der Waals surface area contributed by atoms with E-state index in [1.807, 2.05) is 18.2 Å². The summed E-state index contributed by atoms with van der Waals surface area (Å²) in [4.78, 5) is 0. The Morgan fingerprint density at radius 1 is 1.12 bits per heavy atom. The number of anilines is 1. The molecular weight excluding hydrogens is 210 g/mol. The van der Waals surface area contributed by atoms with Crippen molar-refractivity contribution in [1.29, 1.82) is 0 Å². The standard InChI is InChI=1S/C14H17N3/c1-3-9-15-14-8-7-13(16-17-14)12-6-4-5-11(2)10-12/h4-8,10H,3,9H2,1-2H3,(H,15,17). The second-order valence-corrected chi connectivity index (χ2v) is 4.10. The molecule has 3 nitrogen and oxygen atoms in total. The van der Waals surface area contributed by atoms with E-state index in [1.54, 1.807) is 0 Å². The van der Waals surface area contributed by atoms with Crippen LogP contribution in [0.3, 0.4) is 0 Å². The van der Waals surface area contributed by atoms with Crippen molar-refractivity contribution < 1.29 is 0 Å². The lowest BCUT2D eigenvalue weighted by Gasteiger charge is -2.04. The van der Waals surface area contributed by atoms with Crippen molar-refractivity contribution in [3.8, 4) is 11.3 Å². The molecule has 0 spiro atoms. The lowest BCUT2D eigenvalue weighted by atomic mass is 10.1. The fourth-order valence-corrected chi connectivity index (χ4v) is 1.64. The molecule has 0 atom stereocenters. The lowest BCUT2D eigenvalue weighted by Crippen LogP contribution is -2.02. The molecular formula is C14H17N3. The van der Waals surface area contributed by atoms with Crippen molar-refractivity contribution in [2.45, 2.75) is 20.3 Å². The third kappa shape index (κ3) is 3.03. The minimum absolute atomic E-state index is 0.836. The van der Waals surface area contributed by atoms with Gasteiger partial charge in [-0.25, -0.2) is 0 Å². The molecule has 1 aromatic carbocycles. The molecule has 0 saturated heterocycles. The van der Waals surface area contributed by atoms with Gasteiger partial charge in [0.2, 0.25) is 0 Å². The first-order valence-electron chi connectivity index (χ1n) is 5.94. The number of aryl methyl sites for hydroxylation is 1. The van der Waals surface area contributed by atoms with E-state index in [0.717, 1.165) is 30.0 Å². The van der Waals surface area contributed by atoms with Crippen molar-refractivity contribution in [3.05, 3.63) is 42.0 Å². The average Bonchev–Trinajstić information content (AvgIpc) is 2.37. The van der Waals surface area contributed by atoms with Gasteiger partial charge in [0.15, 0.2) is 0 Å². The van der Waals surface area contributed by atoms with E-state index in [1.165, 1.54) is 5.56 Å². The number of nitrogens with zero attached hydrogens (tertiary/aromatic N) is 2. The maximum atomic E-state index is 4.23. The molecule has 1 N–H and O–H groups in total. The largest absolute Gasteiger partial charge is 0.369 e. The van der Waals surface area contributed by atoms with Gasteiger partial charge in [-0.05, 0) is 31.5 Å². The molecule has 2 aromatic rings. The summed E-state index contributed by atoms with van der Waals surface area (Å²) in [6.07, 6.45) is 1.08. The maximum Gasteiger partial charge on any atom is 0.148 e. The van der Waals surface area contributed by atoms with E-state index in [2.05, 4.69) is 47.6 Å². The molecule has 0 aliphatic heterocycles. The quantitative estimate of drug-likeness (QED) is 0.871.